The number of thioether (sulfide) groups is 1. The number of nitrogens with one attached hydrogen (secondary N) is 1. The molecule has 1 N–H and O–H groups in total. The number of anilines is 1. The van der Waals surface area contributed by atoms with E-state index in [2.05, 4.69) is 10.3 Å². The van der Waals surface area contributed by atoms with E-state index in [1.54, 1.807) is 66.7 Å². The van der Waals surface area contributed by atoms with Gasteiger partial charge in [-0.25, -0.2) is 4.98 Å². The number of amides is 1. The second-order valence-electron chi connectivity index (χ2n) is 7.26. The number of para-hydroxylation sites is 2. The molecule has 5 rings (SSSR count). The molecule has 9 heteroatoms. The Bertz CT molecular complexity index is 1480. The number of hydrogen-bond acceptors (Lipinski definition) is 6. The summed E-state index contributed by atoms with van der Waals surface area (Å²) in [4.78, 5) is 42.5. The Morgan fingerprint density at radius 3 is 2.73 bits per heavy atom. The van der Waals surface area contributed by atoms with Gasteiger partial charge in [-0.1, -0.05) is 47.6 Å². The first kappa shape index (κ1) is 21.2. The Morgan fingerprint density at radius 1 is 1.09 bits per heavy atom. The van der Waals surface area contributed by atoms with Crippen LogP contribution in [-0.4, -0.2) is 33.6 Å². The lowest BCUT2D eigenvalue weighted by molar-refractivity contribution is -0.118. The van der Waals surface area contributed by atoms with Crippen molar-refractivity contribution >= 4 is 51.6 Å². The maximum Gasteiger partial charge on any atom is 0.266 e. The summed E-state index contributed by atoms with van der Waals surface area (Å²) in [5.41, 5.74) is 1.64. The van der Waals surface area contributed by atoms with Crippen molar-refractivity contribution in [2.24, 2.45) is 0 Å². The third kappa shape index (κ3) is 4.10. The first-order chi connectivity index (χ1) is 16.0. The van der Waals surface area contributed by atoms with Crippen molar-refractivity contribution in [3.8, 4) is 11.4 Å². The molecule has 0 saturated carbocycles. The van der Waals surface area contributed by atoms with Gasteiger partial charge in [0.1, 0.15) is 5.75 Å². The van der Waals surface area contributed by atoms with Gasteiger partial charge in [-0.05, 0) is 42.5 Å². The van der Waals surface area contributed by atoms with E-state index in [1.165, 1.54) is 4.57 Å². The van der Waals surface area contributed by atoms with Crippen LogP contribution in [0.4, 0.5) is 5.69 Å². The molecule has 1 aromatic heterocycles. The van der Waals surface area contributed by atoms with Crippen LogP contribution in [0.5, 0.6) is 5.75 Å². The number of carbonyl (C=O) groups excluding carboxylic acids is 2. The summed E-state index contributed by atoms with van der Waals surface area (Å²) in [6, 6.07) is 18.9. The van der Waals surface area contributed by atoms with Crippen LogP contribution in [0.3, 0.4) is 0 Å². The molecule has 33 heavy (non-hydrogen) atoms. The van der Waals surface area contributed by atoms with E-state index in [0.29, 0.717) is 43.8 Å². The van der Waals surface area contributed by atoms with Crippen LogP contribution in [0.25, 0.3) is 16.6 Å². The van der Waals surface area contributed by atoms with Crippen LogP contribution < -0.4 is 15.6 Å². The lowest BCUT2D eigenvalue weighted by atomic mass is 10.1. The Balaban J connectivity index is 1.50. The highest BCUT2D eigenvalue weighted by Crippen LogP contribution is 2.30. The van der Waals surface area contributed by atoms with Crippen molar-refractivity contribution < 1.29 is 14.3 Å². The summed E-state index contributed by atoms with van der Waals surface area (Å²) in [5.74, 6) is 0.0897. The minimum atomic E-state index is -0.273. The van der Waals surface area contributed by atoms with E-state index in [9.17, 15) is 14.4 Å². The average Bonchev–Trinajstić information content (AvgIpc) is 2.83. The standard InChI is InChI=1S/C24H16ClN3O4S/c25-16-6-2-4-8-19(16)28-23(31)15-5-1-3-7-17(15)27-24(28)33-13-20(29)14-9-10-21-18(11-14)26-22(30)12-32-21/h1-11H,12-13H2,(H,26,30). The first-order valence-corrected chi connectivity index (χ1v) is 11.4. The number of ether oxygens (including phenoxy) is 1. The molecule has 7 nitrogen and oxygen atoms in total. The molecule has 164 valence electrons. The van der Waals surface area contributed by atoms with Gasteiger partial charge in [-0.2, -0.15) is 0 Å². The third-order valence-electron chi connectivity index (χ3n) is 5.11. The molecule has 0 saturated heterocycles. The Hall–Kier alpha value is -3.62. The number of fused-ring (bicyclic) bond motifs is 2. The molecular weight excluding hydrogens is 462 g/mol. The van der Waals surface area contributed by atoms with Crippen LogP contribution in [0, 0.1) is 0 Å². The number of halogens is 1. The number of rotatable bonds is 5. The second kappa shape index (κ2) is 8.73. The molecular formula is C24H16ClN3O4S. The molecule has 0 spiro atoms. The third-order valence-corrected chi connectivity index (χ3v) is 6.36. The molecule has 1 aliphatic rings. The molecule has 0 radical (unpaired) electrons. The molecule has 1 aliphatic heterocycles. The smallest absolute Gasteiger partial charge is 0.266 e. The maximum absolute atomic E-state index is 13.3. The van der Waals surface area contributed by atoms with Gasteiger partial charge in [-0.15, -0.1) is 0 Å². The van der Waals surface area contributed by atoms with Crippen molar-refractivity contribution in [1.82, 2.24) is 9.55 Å². The summed E-state index contributed by atoms with van der Waals surface area (Å²) in [6.45, 7) is -0.0522. The lowest BCUT2D eigenvalue weighted by Crippen LogP contribution is -2.25. The van der Waals surface area contributed by atoms with Crippen LogP contribution in [0.1, 0.15) is 10.4 Å². The zero-order valence-corrected chi connectivity index (χ0v) is 18.7. The van der Waals surface area contributed by atoms with Gasteiger partial charge >= 0.3 is 0 Å². The highest BCUT2D eigenvalue weighted by molar-refractivity contribution is 7.99. The molecule has 0 atom stereocenters. The minimum absolute atomic E-state index is 0.0306. The van der Waals surface area contributed by atoms with Gasteiger partial charge in [0.2, 0.25) is 0 Å². The minimum Gasteiger partial charge on any atom is -0.482 e. The fourth-order valence-electron chi connectivity index (χ4n) is 3.52. The summed E-state index contributed by atoms with van der Waals surface area (Å²) < 4.78 is 6.77. The molecule has 2 heterocycles. The highest BCUT2D eigenvalue weighted by atomic mass is 35.5. The SMILES string of the molecule is O=C1COc2ccc(C(=O)CSc3nc4ccccc4c(=O)n3-c3ccccc3Cl)cc2N1. The van der Waals surface area contributed by atoms with Crippen LogP contribution in [0.2, 0.25) is 5.02 Å². The number of aromatic nitrogens is 2. The lowest BCUT2D eigenvalue weighted by Gasteiger charge is -2.18. The van der Waals surface area contributed by atoms with Crippen molar-refractivity contribution in [2.45, 2.75) is 5.16 Å². The van der Waals surface area contributed by atoms with Gasteiger partial charge < -0.3 is 10.1 Å². The largest absolute Gasteiger partial charge is 0.482 e. The maximum atomic E-state index is 13.3. The summed E-state index contributed by atoms with van der Waals surface area (Å²) >= 11 is 7.53. The normalized spacial score (nSPS) is 12.7. The quantitative estimate of drug-likeness (QED) is 0.261. The second-order valence-corrected chi connectivity index (χ2v) is 8.61. The Morgan fingerprint density at radius 2 is 1.88 bits per heavy atom. The summed E-state index contributed by atoms with van der Waals surface area (Å²) in [7, 11) is 0. The fraction of sp³-hybridized carbons (Fsp3) is 0.0833. The van der Waals surface area contributed by atoms with Gasteiger partial charge in [0.05, 0.1) is 33.1 Å². The number of Topliss-reactive ketones (excluding diaryl/α,β-unsaturated/α-hetero) is 1. The topological polar surface area (TPSA) is 90.3 Å². The van der Waals surface area contributed by atoms with E-state index >= 15 is 0 Å². The van der Waals surface area contributed by atoms with E-state index in [0.717, 1.165) is 11.8 Å². The summed E-state index contributed by atoms with van der Waals surface area (Å²) in [5, 5.41) is 3.91. The number of carbonyl (C=O) groups is 2. The van der Waals surface area contributed by atoms with Gasteiger partial charge in [0.15, 0.2) is 17.5 Å². The van der Waals surface area contributed by atoms with Crippen molar-refractivity contribution in [1.29, 1.82) is 0 Å². The van der Waals surface area contributed by atoms with Crippen LogP contribution in [-0.2, 0) is 4.79 Å². The number of benzene rings is 3. The zero-order valence-electron chi connectivity index (χ0n) is 17.1. The van der Waals surface area contributed by atoms with E-state index < -0.39 is 0 Å². The molecule has 0 fully saturated rings. The highest BCUT2D eigenvalue weighted by Gasteiger charge is 2.20. The summed E-state index contributed by atoms with van der Waals surface area (Å²) in [6.07, 6.45) is 0. The zero-order chi connectivity index (χ0) is 22.9. The predicted molar refractivity (Wildman–Crippen MR) is 128 cm³/mol. The Labute approximate surface area is 197 Å². The molecule has 4 aromatic rings. The fourth-order valence-corrected chi connectivity index (χ4v) is 4.65. The van der Waals surface area contributed by atoms with Crippen molar-refractivity contribution in [3.05, 3.63) is 87.7 Å². The monoisotopic (exact) mass is 477 g/mol. The Kier molecular flexibility index (Phi) is 5.62. The van der Waals surface area contributed by atoms with Crippen molar-refractivity contribution in [3.63, 3.8) is 0 Å². The predicted octanol–water partition coefficient (Wildman–Crippen LogP) is 4.35. The van der Waals surface area contributed by atoms with E-state index in [-0.39, 0.29) is 29.6 Å². The van der Waals surface area contributed by atoms with E-state index in [1.807, 2.05) is 0 Å². The molecule has 1 amide bonds. The van der Waals surface area contributed by atoms with Gasteiger partial charge in [0, 0.05) is 5.56 Å². The van der Waals surface area contributed by atoms with Crippen molar-refractivity contribution in [2.75, 3.05) is 17.7 Å². The number of ketones is 1. The van der Waals surface area contributed by atoms with E-state index in [4.69, 9.17) is 16.3 Å². The van der Waals surface area contributed by atoms with Crippen LogP contribution in [0.15, 0.2) is 76.7 Å². The number of nitrogens with zero attached hydrogens (tertiary/aromatic N) is 2. The molecule has 0 unspecified atom stereocenters. The molecule has 0 bridgehead atoms. The molecule has 0 aliphatic carbocycles. The average molecular weight is 478 g/mol. The van der Waals surface area contributed by atoms with Gasteiger partial charge in [-0.3, -0.25) is 19.0 Å². The first-order valence-electron chi connectivity index (χ1n) is 10.0. The number of hydrogen-bond donors (Lipinski definition) is 1. The van der Waals surface area contributed by atoms with Gasteiger partial charge in [0.25, 0.3) is 11.5 Å². The van der Waals surface area contributed by atoms with Crippen LogP contribution >= 0.6 is 23.4 Å². The molecule has 3 aromatic carbocycles.